The SMILES string of the molecule is FC(F)(F)c1cccc(N2C[C@H]3CC[C@H](n4cc(Cl)cn4)[C@H]3C2)n1. The van der Waals surface area contributed by atoms with Crippen LogP contribution in [-0.4, -0.2) is 27.9 Å². The Morgan fingerprint density at radius 2 is 2.00 bits per heavy atom. The molecular weight excluding hydrogens is 341 g/mol. The number of aromatic nitrogens is 3. The van der Waals surface area contributed by atoms with Crippen molar-refractivity contribution in [1.82, 2.24) is 14.8 Å². The molecule has 1 aliphatic heterocycles. The third kappa shape index (κ3) is 2.75. The average Bonchev–Trinajstić information content (AvgIpc) is 3.21. The Bertz CT molecular complexity index is 745. The fraction of sp³-hybridized carbons (Fsp3) is 0.500. The molecule has 0 spiro atoms. The summed E-state index contributed by atoms with van der Waals surface area (Å²) in [7, 11) is 0. The summed E-state index contributed by atoms with van der Waals surface area (Å²) in [6, 6.07) is 4.33. The van der Waals surface area contributed by atoms with Gasteiger partial charge in [0.2, 0.25) is 0 Å². The van der Waals surface area contributed by atoms with Crippen molar-refractivity contribution in [3.05, 3.63) is 41.3 Å². The lowest BCUT2D eigenvalue weighted by molar-refractivity contribution is -0.141. The molecule has 2 aliphatic rings. The summed E-state index contributed by atoms with van der Waals surface area (Å²) in [5, 5.41) is 4.91. The van der Waals surface area contributed by atoms with Gasteiger partial charge in [-0.25, -0.2) is 4.98 Å². The molecule has 1 aliphatic carbocycles. The Labute approximate surface area is 142 Å². The predicted molar refractivity (Wildman–Crippen MR) is 83.9 cm³/mol. The smallest absolute Gasteiger partial charge is 0.356 e. The van der Waals surface area contributed by atoms with Crippen molar-refractivity contribution in [2.45, 2.75) is 25.1 Å². The molecule has 3 heterocycles. The number of fused-ring (bicyclic) bond motifs is 1. The maximum atomic E-state index is 12.9. The van der Waals surface area contributed by atoms with E-state index in [0.29, 0.717) is 29.2 Å². The monoisotopic (exact) mass is 356 g/mol. The number of pyridine rings is 1. The molecule has 1 saturated heterocycles. The molecule has 0 amide bonds. The van der Waals surface area contributed by atoms with Gasteiger partial charge in [-0.3, -0.25) is 4.68 Å². The van der Waals surface area contributed by atoms with Gasteiger partial charge in [-0.2, -0.15) is 18.3 Å². The minimum absolute atomic E-state index is 0.248. The van der Waals surface area contributed by atoms with E-state index in [9.17, 15) is 13.2 Å². The van der Waals surface area contributed by atoms with Crippen molar-refractivity contribution in [3.63, 3.8) is 0 Å². The number of rotatable bonds is 2. The molecule has 4 nitrogen and oxygen atoms in total. The lowest BCUT2D eigenvalue weighted by Gasteiger charge is -2.22. The molecule has 0 radical (unpaired) electrons. The number of hydrogen-bond acceptors (Lipinski definition) is 3. The van der Waals surface area contributed by atoms with Crippen LogP contribution in [-0.2, 0) is 6.18 Å². The Balaban J connectivity index is 1.55. The van der Waals surface area contributed by atoms with E-state index in [2.05, 4.69) is 10.1 Å². The van der Waals surface area contributed by atoms with E-state index in [1.807, 2.05) is 15.8 Å². The van der Waals surface area contributed by atoms with E-state index < -0.39 is 11.9 Å². The summed E-state index contributed by atoms with van der Waals surface area (Å²) >= 11 is 5.96. The van der Waals surface area contributed by atoms with Crippen LogP contribution >= 0.6 is 11.6 Å². The quantitative estimate of drug-likeness (QED) is 0.814. The van der Waals surface area contributed by atoms with Gasteiger partial charge < -0.3 is 4.90 Å². The average molecular weight is 357 g/mol. The van der Waals surface area contributed by atoms with Gasteiger partial charge in [0.25, 0.3) is 0 Å². The first-order chi connectivity index (χ1) is 11.4. The molecule has 0 N–H and O–H groups in total. The maximum Gasteiger partial charge on any atom is 0.433 e. The van der Waals surface area contributed by atoms with Gasteiger partial charge in [0, 0.05) is 25.2 Å². The van der Waals surface area contributed by atoms with Crippen LogP contribution in [0.1, 0.15) is 24.6 Å². The van der Waals surface area contributed by atoms with Crippen molar-refractivity contribution in [1.29, 1.82) is 0 Å². The Morgan fingerprint density at radius 1 is 1.17 bits per heavy atom. The zero-order valence-electron chi connectivity index (χ0n) is 12.7. The summed E-state index contributed by atoms with van der Waals surface area (Å²) in [6.07, 6.45) is 1.09. The third-order valence-electron chi connectivity index (χ3n) is 5.08. The molecule has 0 aromatic carbocycles. The van der Waals surface area contributed by atoms with Crippen LogP contribution in [0.15, 0.2) is 30.6 Å². The fourth-order valence-electron chi connectivity index (χ4n) is 4.01. The summed E-state index contributed by atoms with van der Waals surface area (Å²) in [5.74, 6) is 1.21. The van der Waals surface area contributed by atoms with Crippen molar-refractivity contribution in [3.8, 4) is 0 Å². The Kier molecular flexibility index (Phi) is 3.71. The zero-order valence-corrected chi connectivity index (χ0v) is 13.5. The lowest BCUT2D eigenvalue weighted by atomic mass is 9.98. The Morgan fingerprint density at radius 3 is 2.71 bits per heavy atom. The third-order valence-corrected chi connectivity index (χ3v) is 5.27. The number of nitrogens with zero attached hydrogens (tertiary/aromatic N) is 4. The topological polar surface area (TPSA) is 34.0 Å². The van der Waals surface area contributed by atoms with Crippen LogP contribution < -0.4 is 4.90 Å². The molecule has 0 unspecified atom stereocenters. The highest BCUT2D eigenvalue weighted by atomic mass is 35.5. The van der Waals surface area contributed by atoms with Gasteiger partial charge in [0.1, 0.15) is 11.5 Å². The molecule has 0 bridgehead atoms. The lowest BCUT2D eigenvalue weighted by Crippen LogP contribution is -2.25. The predicted octanol–water partition coefficient (Wildman–Crippen LogP) is 4.04. The molecule has 4 rings (SSSR count). The minimum atomic E-state index is -4.42. The van der Waals surface area contributed by atoms with Crippen molar-refractivity contribution in [2.24, 2.45) is 11.8 Å². The first-order valence-corrected chi connectivity index (χ1v) is 8.28. The van der Waals surface area contributed by atoms with E-state index in [-0.39, 0.29) is 6.04 Å². The van der Waals surface area contributed by atoms with Gasteiger partial charge in [-0.1, -0.05) is 17.7 Å². The van der Waals surface area contributed by atoms with Gasteiger partial charge in [-0.05, 0) is 30.9 Å². The van der Waals surface area contributed by atoms with E-state index in [1.54, 1.807) is 12.3 Å². The second kappa shape index (κ2) is 5.65. The van der Waals surface area contributed by atoms with Gasteiger partial charge in [-0.15, -0.1) is 0 Å². The minimum Gasteiger partial charge on any atom is -0.356 e. The molecule has 128 valence electrons. The number of anilines is 1. The van der Waals surface area contributed by atoms with Crippen LogP contribution in [0, 0.1) is 11.8 Å². The molecule has 1 saturated carbocycles. The molecule has 2 aromatic heterocycles. The van der Waals surface area contributed by atoms with Gasteiger partial charge in [0.05, 0.1) is 17.3 Å². The maximum absolute atomic E-state index is 12.9. The molecule has 3 atom stereocenters. The zero-order chi connectivity index (χ0) is 16.9. The number of alkyl halides is 3. The second-order valence-electron chi connectivity index (χ2n) is 6.49. The van der Waals surface area contributed by atoms with Gasteiger partial charge >= 0.3 is 6.18 Å². The standard InChI is InChI=1S/C16H16ClF3N4/c17-11-6-21-24(8-11)13-5-4-10-7-23(9-12(10)13)15-3-1-2-14(22-15)16(18,19)20/h1-3,6,8,10,12-13H,4-5,7,9H2/t10-,12+,13+/m1/s1. The molecular formula is C16H16ClF3N4. The summed E-state index contributed by atoms with van der Waals surface area (Å²) < 4.78 is 40.5. The summed E-state index contributed by atoms with van der Waals surface area (Å²) in [5.41, 5.74) is -0.840. The van der Waals surface area contributed by atoms with Crippen LogP contribution in [0.25, 0.3) is 0 Å². The van der Waals surface area contributed by atoms with Crippen LogP contribution in [0.5, 0.6) is 0 Å². The second-order valence-corrected chi connectivity index (χ2v) is 6.93. The largest absolute Gasteiger partial charge is 0.433 e. The Hall–Kier alpha value is -1.76. The van der Waals surface area contributed by atoms with E-state index in [1.165, 1.54) is 6.07 Å². The van der Waals surface area contributed by atoms with E-state index in [0.717, 1.165) is 25.5 Å². The van der Waals surface area contributed by atoms with Crippen molar-refractivity contribution >= 4 is 17.4 Å². The fourth-order valence-corrected chi connectivity index (χ4v) is 4.15. The summed E-state index contributed by atoms with van der Waals surface area (Å²) in [6.45, 7) is 1.44. The number of hydrogen-bond donors (Lipinski definition) is 0. The van der Waals surface area contributed by atoms with Crippen LogP contribution in [0.3, 0.4) is 0 Å². The normalized spacial score (nSPS) is 26.8. The molecule has 24 heavy (non-hydrogen) atoms. The van der Waals surface area contributed by atoms with Crippen molar-refractivity contribution in [2.75, 3.05) is 18.0 Å². The first-order valence-electron chi connectivity index (χ1n) is 7.90. The highest BCUT2D eigenvalue weighted by molar-refractivity contribution is 6.30. The number of halogens is 4. The van der Waals surface area contributed by atoms with Crippen molar-refractivity contribution < 1.29 is 13.2 Å². The van der Waals surface area contributed by atoms with E-state index in [4.69, 9.17) is 11.6 Å². The molecule has 8 heteroatoms. The van der Waals surface area contributed by atoms with Crippen LogP contribution in [0.2, 0.25) is 5.02 Å². The van der Waals surface area contributed by atoms with Crippen LogP contribution in [0.4, 0.5) is 19.0 Å². The van der Waals surface area contributed by atoms with E-state index >= 15 is 0 Å². The van der Waals surface area contributed by atoms with Gasteiger partial charge in [0.15, 0.2) is 0 Å². The molecule has 2 aromatic rings. The first kappa shape index (κ1) is 15.7. The highest BCUT2D eigenvalue weighted by Crippen LogP contribution is 2.45. The molecule has 2 fully saturated rings. The highest BCUT2D eigenvalue weighted by Gasteiger charge is 2.44. The summed E-state index contributed by atoms with van der Waals surface area (Å²) in [4.78, 5) is 5.77.